The van der Waals surface area contributed by atoms with Crippen molar-refractivity contribution >= 4 is 0 Å². The van der Waals surface area contributed by atoms with Gasteiger partial charge in [-0.05, 0) is 36.5 Å². The third-order valence-corrected chi connectivity index (χ3v) is 5.34. The summed E-state index contributed by atoms with van der Waals surface area (Å²) in [5, 5.41) is 0. The minimum atomic E-state index is -0.726. The molecule has 0 bridgehead atoms. The molecule has 0 radical (unpaired) electrons. The highest BCUT2D eigenvalue weighted by Crippen LogP contribution is 2.45. The van der Waals surface area contributed by atoms with Gasteiger partial charge in [-0.2, -0.15) is 0 Å². The predicted molar refractivity (Wildman–Crippen MR) is 109 cm³/mol. The second kappa shape index (κ2) is 7.67. The fraction of sp³-hybridized carbons (Fsp3) is 0.280. The molecule has 3 aromatic carbocycles. The van der Waals surface area contributed by atoms with Crippen LogP contribution in [0, 0.1) is 0 Å². The van der Waals surface area contributed by atoms with E-state index in [0.29, 0.717) is 0 Å². The summed E-state index contributed by atoms with van der Waals surface area (Å²) >= 11 is 0. The Morgan fingerprint density at radius 1 is 0.704 bits per heavy atom. The van der Waals surface area contributed by atoms with Crippen LogP contribution in [-0.4, -0.2) is 12.4 Å². The van der Waals surface area contributed by atoms with E-state index in [1.54, 1.807) is 0 Å². The fourth-order valence-electron chi connectivity index (χ4n) is 4.01. The highest BCUT2D eigenvalue weighted by Gasteiger charge is 2.44. The van der Waals surface area contributed by atoms with Crippen LogP contribution in [0.25, 0.3) is 0 Å². The van der Waals surface area contributed by atoms with E-state index in [4.69, 9.17) is 9.47 Å². The van der Waals surface area contributed by atoms with Crippen LogP contribution in [0.2, 0.25) is 0 Å². The summed E-state index contributed by atoms with van der Waals surface area (Å²) in [5.41, 5.74) is 2.60. The van der Waals surface area contributed by atoms with Crippen molar-refractivity contribution in [1.82, 2.24) is 0 Å². The lowest BCUT2D eigenvalue weighted by atomic mass is 9.79. The van der Waals surface area contributed by atoms with Gasteiger partial charge in [-0.15, -0.1) is 0 Å². The Labute approximate surface area is 161 Å². The highest BCUT2D eigenvalue weighted by atomic mass is 16.7. The molecule has 1 fully saturated rings. The standard InChI is InChI=1S/C25H26O2/c1-24(19-11-12-20-26-24)27-25(21-13-5-2-6-14-21,22-15-7-3-8-16-22)23-17-9-4-10-18-23/h2-10,13-18H,11-12,19-20H2,1H3. The lowest BCUT2D eigenvalue weighted by Crippen LogP contribution is -2.46. The lowest BCUT2D eigenvalue weighted by molar-refractivity contribution is -0.279. The quantitative estimate of drug-likeness (QED) is 0.528. The van der Waals surface area contributed by atoms with Gasteiger partial charge in [0.25, 0.3) is 0 Å². The molecule has 3 aromatic rings. The molecule has 1 saturated heterocycles. The van der Waals surface area contributed by atoms with Crippen LogP contribution in [0.3, 0.4) is 0 Å². The number of hydrogen-bond acceptors (Lipinski definition) is 2. The Bertz CT molecular complexity index is 741. The summed E-state index contributed by atoms with van der Waals surface area (Å²) in [6, 6.07) is 31.4. The number of hydrogen-bond donors (Lipinski definition) is 0. The van der Waals surface area contributed by atoms with Crippen molar-refractivity contribution in [2.45, 2.75) is 37.6 Å². The molecule has 1 heterocycles. The molecule has 1 aliphatic rings. The van der Waals surface area contributed by atoms with Crippen molar-refractivity contribution in [2.24, 2.45) is 0 Å². The molecular weight excluding hydrogens is 332 g/mol. The summed E-state index contributed by atoms with van der Waals surface area (Å²) in [6.07, 6.45) is 3.10. The summed E-state index contributed by atoms with van der Waals surface area (Å²) in [7, 11) is 0. The Balaban J connectivity index is 1.94. The van der Waals surface area contributed by atoms with Crippen LogP contribution in [0.5, 0.6) is 0 Å². The number of benzene rings is 3. The first-order chi connectivity index (χ1) is 13.2. The van der Waals surface area contributed by atoms with Gasteiger partial charge >= 0.3 is 0 Å². The van der Waals surface area contributed by atoms with Crippen molar-refractivity contribution in [1.29, 1.82) is 0 Å². The molecule has 1 unspecified atom stereocenters. The van der Waals surface area contributed by atoms with Crippen LogP contribution >= 0.6 is 0 Å². The lowest BCUT2D eigenvalue weighted by Gasteiger charge is -2.44. The van der Waals surface area contributed by atoms with E-state index in [2.05, 4.69) is 79.7 Å². The van der Waals surface area contributed by atoms with E-state index in [1.807, 2.05) is 18.2 Å². The van der Waals surface area contributed by atoms with Crippen LogP contribution in [0.1, 0.15) is 42.9 Å². The highest BCUT2D eigenvalue weighted by molar-refractivity contribution is 5.47. The maximum absolute atomic E-state index is 7.00. The van der Waals surface area contributed by atoms with E-state index < -0.39 is 11.4 Å². The fourth-order valence-corrected chi connectivity index (χ4v) is 4.01. The van der Waals surface area contributed by atoms with E-state index in [1.165, 1.54) is 0 Å². The van der Waals surface area contributed by atoms with Crippen molar-refractivity contribution in [3.8, 4) is 0 Å². The SMILES string of the molecule is CC1(OC(c2ccccc2)(c2ccccc2)c2ccccc2)CCCCO1. The molecular formula is C25H26O2. The van der Waals surface area contributed by atoms with Gasteiger partial charge in [0.15, 0.2) is 5.79 Å². The van der Waals surface area contributed by atoms with Crippen LogP contribution in [0.4, 0.5) is 0 Å². The van der Waals surface area contributed by atoms with E-state index in [-0.39, 0.29) is 0 Å². The van der Waals surface area contributed by atoms with Gasteiger partial charge < -0.3 is 9.47 Å². The van der Waals surface area contributed by atoms with E-state index in [9.17, 15) is 0 Å². The third-order valence-electron chi connectivity index (χ3n) is 5.34. The average molecular weight is 358 g/mol. The molecule has 2 heteroatoms. The summed E-state index contributed by atoms with van der Waals surface area (Å²) in [5.74, 6) is -0.625. The Morgan fingerprint density at radius 3 is 1.52 bits per heavy atom. The first-order valence-corrected chi connectivity index (χ1v) is 9.74. The van der Waals surface area contributed by atoms with Crippen LogP contribution < -0.4 is 0 Å². The van der Waals surface area contributed by atoms with Gasteiger partial charge in [0, 0.05) is 6.42 Å². The van der Waals surface area contributed by atoms with Gasteiger partial charge in [0.2, 0.25) is 0 Å². The molecule has 4 rings (SSSR count). The van der Waals surface area contributed by atoms with E-state index >= 15 is 0 Å². The monoisotopic (exact) mass is 358 g/mol. The predicted octanol–water partition coefficient (Wildman–Crippen LogP) is 5.91. The molecule has 0 aliphatic carbocycles. The normalized spacial score (nSPS) is 20.3. The maximum Gasteiger partial charge on any atom is 0.167 e. The van der Waals surface area contributed by atoms with Crippen molar-refractivity contribution in [2.75, 3.05) is 6.61 Å². The summed E-state index contributed by atoms with van der Waals surface area (Å²) in [4.78, 5) is 0. The number of rotatable bonds is 5. The average Bonchev–Trinajstić information content (AvgIpc) is 2.74. The van der Waals surface area contributed by atoms with Gasteiger partial charge in [-0.1, -0.05) is 91.0 Å². The van der Waals surface area contributed by atoms with Crippen LogP contribution in [-0.2, 0) is 15.1 Å². The molecule has 1 atom stereocenters. The molecule has 2 nitrogen and oxygen atoms in total. The second-order valence-corrected chi connectivity index (χ2v) is 7.32. The van der Waals surface area contributed by atoms with Crippen molar-refractivity contribution in [3.63, 3.8) is 0 Å². The molecule has 27 heavy (non-hydrogen) atoms. The first-order valence-electron chi connectivity index (χ1n) is 9.74. The number of ether oxygens (including phenoxy) is 2. The second-order valence-electron chi connectivity index (χ2n) is 7.32. The largest absolute Gasteiger partial charge is 0.350 e. The Kier molecular flexibility index (Phi) is 5.11. The van der Waals surface area contributed by atoms with Gasteiger partial charge in [0.1, 0.15) is 5.60 Å². The zero-order valence-corrected chi connectivity index (χ0v) is 15.8. The minimum absolute atomic E-state index is 0.625. The maximum atomic E-state index is 7.00. The Morgan fingerprint density at radius 2 is 1.15 bits per heavy atom. The van der Waals surface area contributed by atoms with Gasteiger partial charge in [0.05, 0.1) is 6.61 Å². The molecule has 138 valence electrons. The van der Waals surface area contributed by atoms with Crippen molar-refractivity contribution in [3.05, 3.63) is 108 Å². The molecule has 0 amide bonds. The molecule has 0 saturated carbocycles. The Hall–Kier alpha value is -2.42. The molecule has 1 aliphatic heterocycles. The smallest absolute Gasteiger partial charge is 0.167 e. The topological polar surface area (TPSA) is 18.5 Å². The molecule has 0 N–H and O–H groups in total. The van der Waals surface area contributed by atoms with E-state index in [0.717, 1.165) is 42.6 Å². The zero-order valence-electron chi connectivity index (χ0n) is 15.8. The minimum Gasteiger partial charge on any atom is -0.350 e. The molecule has 0 spiro atoms. The van der Waals surface area contributed by atoms with Gasteiger partial charge in [-0.25, -0.2) is 0 Å². The zero-order chi connectivity index (χ0) is 18.6. The van der Waals surface area contributed by atoms with Crippen LogP contribution in [0.15, 0.2) is 91.0 Å². The molecule has 0 aromatic heterocycles. The van der Waals surface area contributed by atoms with Crippen molar-refractivity contribution < 1.29 is 9.47 Å². The third kappa shape index (κ3) is 3.55. The summed E-state index contributed by atoms with van der Waals surface area (Å²) < 4.78 is 13.2. The first kappa shape index (κ1) is 18.0. The summed E-state index contributed by atoms with van der Waals surface area (Å²) in [6.45, 7) is 2.82. The van der Waals surface area contributed by atoms with Gasteiger partial charge in [-0.3, -0.25) is 0 Å².